The van der Waals surface area contributed by atoms with Crippen LogP contribution >= 0.6 is 11.3 Å². The van der Waals surface area contributed by atoms with E-state index in [-0.39, 0.29) is 0 Å². The molecule has 2 aliphatic heterocycles. The topological polar surface area (TPSA) is 32.3 Å². The molecule has 3 nitrogen and oxygen atoms in total. The molecule has 1 amide bonds. The second-order valence-corrected chi connectivity index (χ2v) is 6.75. The van der Waals surface area contributed by atoms with Crippen LogP contribution in [0.4, 0.5) is 0 Å². The number of rotatable bonds is 3. The predicted molar refractivity (Wildman–Crippen MR) is 78.3 cm³/mol. The molecule has 19 heavy (non-hydrogen) atoms. The second-order valence-electron chi connectivity index (χ2n) is 5.72. The van der Waals surface area contributed by atoms with Crippen molar-refractivity contribution >= 4 is 17.2 Å². The lowest BCUT2D eigenvalue weighted by atomic mass is 9.92. The molecule has 2 aliphatic rings. The number of carbonyl (C=O) groups is 1. The van der Waals surface area contributed by atoms with E-state index >= 15 is 0 Å². The van der Waals surface area contributed by atoms with E-state index in [0.29, 0.717) is 12.3 Å². The third-order valence-electron chi connectivity index (χ3n) is 4.54. The van der Waals surface area contributed by atoms with Gasteiger partial charge in [-0.3, -0.25) is 4.79 Å². The molecule has 104 valence electrons. The summed E-state index contributed by atoms with van der Waals surface area (Å²) >= 11 is 1.75. The first-order valence-corrected chi connectivity index (χ1v) is 8.22. The maximum atomic E-state index is 12.3. The Bertz CT molecular complexity index is 404. The Kier molecular flexibility index (Phi) is 4.18. The Morgan fingerprint density at radius 1 is 1.32 bits per heavy atom. The molecule has 0 aliphatic carbocycles. The number of aryl methyl sites for hydroxylation is 1. The van der Waals surface area contributed by atoms with Crippen LogP contribution < -0.4 is 5.32 Å². The van der Waals surface area contributed by atoms with E-state index in [4.69, 9.17) is 0 Å². The molecule has 3 rings (SSSR count). The highest BCUT2D eigenvalue weighted by Gasteiger charge is 2.31. The number of hydrogen-bond acceptors (Lipinski definition) is 3. The first kappa shape index (κ1) is 13.1. The van der Waals surface area contributed by atoms with E-state index in [2.05, 4.69) is 27.7 Å². The number of nitrogens with zero attached hydrogens (tertiary/aromatic N) is 1. The van der Waals surface area contributed by atoms with Gasteiger partial charge in [-0.2, -0.15) is 0 Å². The van der Waals surface area contributed by atoms with Crippen molar-refractivity contribution in [2.45, 2.75) is 25.7 Å². The summed E-state index contributed by atoms with van der Waals surface area (Å²) in [6.45, 7) is 4.24. The Morgan fingerprint density at radius 2 is 2.05 bits per heavy atom. The predicted octanol–water partition coefficient (Wildman–Crippen LogP) is 2.14. The van der Waals surface area contributed by atoms with Gasteiger partial charge >= 0.3 is 0 Å². The first-order chi connectivity index (χ1) is 9.33. The number of amides is 1. The van der Waals surface area contributed by atoms with Crippen LogP contribution in [0.15, 0.2) is 17.5 Å². The highest BCUT2D eigenvalue weighted by molar-refractivity contribution is 7.09. The highest BCUT2D eigenvalue weighted by Crippen LogP contribution is 2.27. The average Bonchev–Trinajstić information content (AvgIpc) is 3.05. The van der Waals surface area contributed by atoms with Crippen LogP contribution in [0.25, 0.3) is 0 Å². The largest absolute Gasteiger partial charge is 0.343 e. The molecule has 0 aromatic carbocycles. The van der Waals surface area contributed by atoms with Crippen molar-refractivity contribution in [2.24, 2.45) is 11.8 Å². The van der Waals surface area contributed by atoms with E-state index in [1.54, 1.807) is 11.3 Å². The van der Waals surface area contributed by atoms with Gasteiger partial charge in [-0.15, -0.1) is 11.3 Å². The van der Waals surface area contributed by atoms with Crippen molar-refractivity contribution in [2.75, 3.05) is 26.2 Å². The van der Waals surface area contributed by atoms with E-state index in [0.717, 1.165) is 44.4 Å². The number of fused-ring (bicyclic) bond motifs is 1. The third-order valence-corrected chi connectivity index (χ3v) is 5.47. The summed E-state index contributed by atoms with van der Waals surface area (Å²) in [6.07, 6.45) is 3.94. The normalized spacial score (nSPS) is 27.1. The molecule has 0 radical (unpaired) electrons. The monoisotopic (exact) mass is 278 g/mol. The molecule has 2 atom stereocenters. The maximum Gasteiger partial charge on any atom is 0.222 e. The van der Waals surface area contributed by atoms with Crippen molar-refractivity contribution in [1.82, 2.24) is 10.2 Å². The number of nitrogens with one attached hydrogen (secondary N) is 1. The van der Waals surface area contributed by atoms with Gasteiger partial charge in [0, 0.05) is 24.4 Å². The van der Waals surface area contributed by atoms with E-state index in [9.17, 15) is 4.79 Å². The summed E-state index contributed by atoms with van der Waals surface area (Å²) in [5.74, 6) is 1.95. The van der Waals surface area contributed by atoms with Crippen molar-refractivity contribution in [1.29, 1.82) is 0 Å². The van der Waals surface area contributed by atoms with Crippen LogP contribution in [-0.4, -0.2) is 37.0 Å². The molecule has 1 aromatic rings. The molecule has 0 spiro atoms. The van der Waals surface area contributed by atoms with E-state index in [1.807, 2.05) is 0 Å². The number of hydrogen-bond donors (Lipinski definition) is 1. The summed E-state index contributed by atoms with van der Waals surface area (Å²) < 4.78 is 0. The van der Waals surface area contributed by atoms with Gasteiger partial charge in [0.2, 0.25) is 5.91 Å². The minimum Gasteiger partial charge on any atom is -0.343 e. The summed E-state index contributed by atoms with van der Waals surface area (Å²) in [5, 5.41) is 5.56. The Morgan fingerprint density at radius 3 is 2.68 bits per heavy atom. The van der Waals surface area contributed by atoms with Crippen molar-refractivity contribution in [3.8, 4) is 0 Å². The van der Waals surface area contributed by atoms with Gasteiger partial charge in [0.15, 0.2) is 0 Å². The number of carbonyl (C=O) groups excluding carboxylic acids is 1. The van der Waals surface area contributed by atoms with Crippen LogP contribution in [0.5, 0.6) is 0 Å². The summed E-state index contributed by atoms with van der Waals surface area (Å²) in [7, 11) is 0. The standard InChI is InChI=1S/C15H22N2OS/c18-15(4-3-14-2-1-9-19-14)17-7-5-12-10-16-11-13(12)6-8-17/h1-2,9,12-13,16H,3-8,10-11H2/t12-,13+. The Labute approximate surface area is 119 Å². The molecular weight excluding hydrogens is 256 g/mol. The van der Waals surface area contributed by atoms with Gasteiger partial charge in [0.25, 0.3) is 0 Å². The summed E-state index contributed by atoms with van der Waals surface area (Å²) in [6, 6.07) is 4.18. The van der Waals surface area contributed by atoms with Gasteiger partial charge in [0.1, 0.15) is 0 Å². The van der Waals surface area contributed by atoms with Gasteiger partial charge in [-0.25, -0.2) is 0 Å². The third kappa shape index (κ3) is 3.18. The molecule has 2 fully saturated rings. The van der Waals surface area contributed by atoms with E-state index in [1.165, 1.54) is 17.7 Å². The molecule has 0 saturated carbocycles. The fraction of sp³-hybridized carbons (Fsp3) is 0.667. The molecule has 1 aromatic heterocycles. The SMILES string of the molecule is O=C(CCc1cccs1)N1CC[C@@H]2CNC[C@@H]2CC1. The van der Waals surface area contributed by atoms with Gasteiger partial charge in [0.05, 0.1) is 0 Å². The minimum absolute atomic E-state index is 0.348. The van der Waals surface area contributed by atoms with E-state index < -0.39 is 0 Å². The fourth-order valence-corrected chi connectivity index (χ4v) is 4.02. The minimum atomic E-state index is 0.348. The maximum absolute atomic E-state index is 12.3. The Hall–Kier alpha value is -0.870. The summed E-state index contributed by atoms with van der Waals surface area (Å²) in [4.78, 5) is 15.7. The lowest BCUT2D eigenvalue weighted by Gasteiger charge is -2.20. The van der Waals surface area contributed by atoms with Crippen molar-refractivity contribution < 1.29 is 4.79 Å². The van der Waals surface area contributed by atoms with Gasteiger partial charge < -0.3 is 10.2 Å². The van der Waals surface area contributed by atoms with Crippen LogP contribution in [0.1, 0.15) is 24.1 Å². The zero-order chi connectivity index (χ0) is 13.1. The van der Waals surface area contributed by atoms with Crippen molar-refractivity contribution in [3.05, 3.63) is 22.4 Å². The zero-order valence-corrected chi connectivity index (χ0v) is 12.1. The van der Waals surface area contributed by atoms with Crippen molar-refractivity contribution in [3.63, 3.8) is 0 Å². The Balaban J connectivity index is 1.50. The smallest absolute Gasteiger partial charge is 0.222 e. The van der Waals surface area contributed by atoms with Gasteiger partial charge in [-0.05, 0) is 55.6 Å². The lowest BCUT2D eigenvalue weighted by Crippen LogP contribution is -2.32. The molecule has 4 heteroatoms. The fourth-order valence-electron chi connectivity index (χ4n) is 3.31. The quantitative estimate of drug-likeness (QED) is 0.919. The number of likely N-dealkylation sites (tertiary alicyclic amines) is 1. The molecule has 0 unspecified atom stereocenters. The molecule has 0 bridgehead atoms. The second kappa shape index (κ2) is 6.06. The molecule has 1 N–H and O–H groups in total. The highest BCUT2D eigenvalue weighted by atomic mass is 32.1. The molecule has 2 saturated heterocycles. The van der Waals surface area contributed by atoms with Crippen LogP contribution in [0.2, 0.25) is 0 Å². The van der Waals surface area contributed by atoms with Gasteiger partial charge in [-0.1, -0.05) is 6.07 Å². The molecule has 3 heterocycles. The lowest BCUT2D eigenvalue weighted by molar-refractivity contribution is -0.131. The average molecular weight is 278 g/mol. The zero-order valence-electron chi connectivity index (χ0n) is 11.3. The number of thiophene rings is 1. The van der Waals surface area contributed by atoms with Crippen LogP contribution in [-0.2, 0) is 11.2 Å². The molecular formula is C15H22N2OS. The summed E-state index contributed by atoms with van der Waals surface area (Å²) in [5.41, 5.74) is 0. The van der Waals surface area contributed by atoms with Crippen LogP contribution in [0, 0.1) is 11.8 Å². The first-order valence-electron chi connectivity index (χ1n) is 7.34. The van der Waals surface area contributed by atoms with Crippen LogP contribution in [0.3, 0.4) is 0 Å².